The van der Waals surface area contributed by atoms with Gasteiger partial charge in [0.2, 0.25) is 0 Å². The second-order valence-corrected chi connectivity index (χ2v) is 7.82. The Labute approximate surface area is 129 Å². The van der Waals surface area contributed by atoms with Crippen LogP contribution in [0.15, 0.2) is 0 Å². The fraction of sp³-hybridized carbons (Fsp3) is 0.941. The molecule has 1 aliphatic carbocycles. The molecule has 0 aromatic carbocycles. The van der Waals surface area contributed by atoms with Gasteiger partial charge in [-0.1, -0.05) is 19.8 Å². The molecule has 1 heterocycles. The van der Waals surface area contributed by atoms with Gasteiger partial charge in [0.15, 0.2) is 0 Å². The number of rotatable bonds is 3. The number of nitrogens with zero attached hydrogens (tertiary/aromatic N) is 1. The Hall–Kier alpha value is -0.770. The van der Waals surface area contributed by atoms with Gasteiger partial charge in [-0.25, -0.2) is 4.79 Å². The molecule has 2 atom stereocenters. The van der Waals surface area contributed by atoms with E-state index in [0.717, 1.165) is 44.3 Å². The molecule has 0 spiro atoms. The first-order valence-electron chi connectivity index (χ1n) is 8.56. The van der Waals surface area contributed by atoms with Crippen LogP contribution < -0.4 is 5.32 Å². The molecule has 1 saturated heterocycles. The Balaban J connectivity index is 1.67. The number of amides is 1. The second-order valence-electron chi connectivity index (χ2n) is 7.82. The standard InChI is InChI=1S/C17H32N2O2/c1-13-6-5-7-14(13)12-18-15-8-10-19(11-9-15)16(20)21-17(2,3)4/h13-15,18H,5-12H2,1-4H3. The van der Waals surface area contributed by atoms with Crippen LogP contribution in [-0.2, 0) is 4.74 Å². The summed E-state index contributed by atoms with van der Waals surface area (Å²) in [6.45, 7) is 10.9. The number of ether oxygens (including phenoxy) is 1. The summed E-state index contributed by atoms with van der Waals surface area (Å²) in [6.07, 6.45) is 6.09. The topological polar surface area (TPSA) is 41.6 Å². The summed E-state index contributed by atoms with van der Waals surface area (Å²) in [5.41, 5.74) is -0.398. The van der Waals surface area contributed by atoms with E-state index in [2.05, 4.69) is 12.2 Å². The third-order valence-corrected chi connectivity index (χ3v) is 4.85. The van der Waals surface area contributed by atoms with Crippen molar-refractivity contribution in [2.24, 2.45) is 11.8 Å². The molecule has 0 radical (unpaired) electrons. The molecular weight excluding hydrogens is 264 g/mol. The third kappa shape index (κ3) is 5.17. The molecule has 0 bridgehead atoms. The van der Waals surface area contributed by atoms with Crippen LogP contribution in [0.5, 0.6) is 0 Å². The van der Waals surface area contributed by atoms with Gasteiger partial charge in [0.05, 0.1) is 0 Å². The summed E-state index contributed by atoms with van der Waals surface area (Å²) >= 11 is 0. The van der Waals surface area contributed by atoms with Crippen LogP contribution in [0.2, 0.25) is 0 Å². The van der Waals surface area contributed by atoms with Gasteiger partial charge < -0.3 is 15.0 Å². The normalized spacial score (nSPS) is 27.9. The summed E-state index contributed by atoms with van der Waals surface area (Å²) in [7, 11) is 0. The molecule has 1 N–H and O–H groups in total. The van der Waals surface area contributed by atoms with Crippen molar-refractivity contribution in [3.63, 3.8) is 0 Å². The Morgan fingerprint density at radius 3 is 2.38 bits per heavy atom. The first-order chi connectivity index (χ1) is 9.85. The molecule has 2 aliphatic rings. The largest absolute Gasteiger partial charge is 0.444 e. The predicted molar refractivity (Wildman–Crippen MR) is 85.3 cm³/mol. The van der Waals surface area contributed by atoms with Crippen molar-refractivity contribution in [1.82, 2.24) is 10.2 Å². The monoisotopic (exact) mass is 296 g/mol. The lowest BCUT2D eigenvalue weighted by molar-refractivity contribution is 0.0197. The van der Waals surface area contributed by atoms with E-state index in [9.17, 15) is 4.79 Å². The predicted octanol–water partition coefficient (Wildman–Crippen LogP) is 3.41. The van der Waals surface area contributed by atoms with Crippen molar-refractivity contribution in [3.8, 4) is 0 Å². The minimum atomic E-state index is -0.398. The van der Waals surface area contributed by atoms with Gasteiger partial charge in [0.25, 0.3) is 0 Å². The van der Waals surface area contributed by atoms with Crippen LogP contribution >= 0.6 is 0 Å². The highest BCUT2D eigenvalue weighted by atomic mass is 16.6. The number of piperidine rings is 1. The highest BCUT2D eigenvalue weighted by Gasteiger charge is 2.28. The molecule has 1 amide bonds. The zero-order valence-electron chi connectivity index (χ0n) is 14.2. The number of likely N-dealkylation sites (tertiary alicyclic amines) is 1. The molecule has 1 aliphatic heterocycles. The molecule has 2 unspecified atom stereocenters. The molecule has 2 rings (SSSR count). The number of carbonyl (C=O) groups excluding carboxylic acids is 1. The lowest BCUT2D eigenvalue weighted by Gasteiger charge is -2.34. The van der Waals surface area contributed by atoms with Crippen LogP contribution in [0.3, 0.4) is 0 Å². The van der Waals surface area contributed by atoms with Crippen molar-refractivity contribution in [2.45, 2.75) is 71.4 Å². The van der Waals surface area contributed by atoms with E-state index in [-0.39, 0.29) is 6.09 Å². The van der Waals surface area contributed by atoms with Crippen molar-refractivity contribution in [3.05, 3.63) is 0 Å². The van der Waals surface area contributed by atoms with E-state index in [0.29, 0.717) is 6.04 Å². The minimum Gasteiger partial charge on any atom is -0.444 e. The molecule has 0 aromatic rings. The first kappa shape index (κ1) is 16.6. The molecular formula is C17H32N2O2. The molecule has 122 valence electrons. The van der Waals surface area contributed by atoms with Crippen LogP contribution in [0.4, 0.5) is 4.79 Å². The van der Waals surface area contributed by atoms with Crippen molar-refractivity contribution in [1.29, 1.82) is 0 Å². The molecule has 0 aromatic heterocycles. The van der Waals surface area contributed by atoms with Crippen LogP contribution in [0, 0.1) is 11.8 Å². The van der Waals surface area contributed by atoms with E-state index in [1.807, 2.05) is 25.7 Å². The number of hydrogen-bond acceptors (Lipinski definition) is 3. The highest BCUT2D eigenvalue weighted by Crippen LogP contribution is 2.30. The van der Waals surface area contributed by atoms with Crippen LogP contribution in [0.1, 0.15) is 59.8 Å². The highest BCUT2D eigenvalue weighted by molar-refractivity contribution is 5.68. The lowest BCUT2D eigenvalue weighted by atomic mass is 9.97. The lowest BCUT2D eigenvalue weighted by Crippen LogP contribution is -2.47. The fourth-order valence-corrected chi connectivity index (χ4v) is 3.44. The Kier molecular flexibility index (Phi) is 5.53. The van der Waals surface area contributed by atoms with E-state index >= 15 is 0 Å². The van der Waals surface area contributed by atoms with Gasteiger partial charge in [-0.2, -0.15) is 0 Å². The maximum absolute atomic E-state index is 12.0. The Morgan fingerprint density at radius 1 is 1.19 bits per heavy atom. The van der Waals surface area contributed by atoms with E-state index in [1.54, 1.807) is 0 Å². The number of nitrogens with one attached hydrogen (secondary N) is 1. The van der Waals surface area contributed by atoms with Crippen molar-refractivity contribution < 1.29 is 9.53 Å². The van der Waals surface area contributed by atoms with E-state index in [4.69, 9.17) is 4.74 Å². The molecule has 21 heavy (non-hydrogen) atoms. The maximum atomic E-state index is 12.0. The average molecular weight is 296 g/mol. The van der Waals surface area contributed by atoms with Gasteiger partial charge in [-0.15, -0.1) is 0 Å². The number of carbonyl (C=O) groups is 1. The summed E-state index contributed by atoms with van der Waals surface area (Å²) in [5, 5.41) is 3.72. The third-order valence-electron chi connectivity index (χ3n) is 4.85. The van der Waals surface area contributed by atoms with Crippen molar-refractivity contribution in [2.75, 3.05) is 19.6 Å². The van der Waals surface area contributed by atoms with Crippen molar-refractivity contribution >= 4 is 6.09 Å². The first-order valence-corrected chi connectivity index (χ1v) is 8.56. The SMILES string of the molecule is CC1CCCC1CNC1CCN(C(=O)OC(C)(C)C)CC1. The molecule has 2 fully saturated rings. The van der Waals surface area contributed by atoms with Gasteiger partial charge >= 0.3 is 6.09 Å². The molecule has 4 nitrogen and oxygen atoms in total. The second kappa shape index (κ2) is 6.99. The van der Waals surface area contributed by atoms with Gasteiger partial charge in [-0.3, -0.25) is 0 Å². The quantitative estimate of drug-likeness (QED) is 0.867. The van der Waals surface area contributed by atoms with Gasteiger partial charge in [-0.05, 0) is 58.4 Å². The van der Waals surface area contributed by atoms with Crippen LogP contribution in [-0.4, -0.2) is 42.3 Å². The smallest absolute Gasteiger partial charge is 0.410 e. The zero-order valence-corrected chi connectivity index (χ0v) is 14.2. The molecule has 4 heteroatoms. The van der Waals surface area contributed by atoms with E-state index < -0.39 is 5.60 Å². The average Bonchev–Trinajstić information content (AvgIpc) is 2.80. The zero-order chi connectivity index (χ0) is 15.5. The summed E-state index contributed by atoms with van der Waals surface area (Å²) in [5.74, 6) is 1.73. The number of hydrogen-bond donors (Lipinski definition) is 1. The van der Waals surface area contributed by atoms with E-state index in [1.165, 1.54) is 19.3 Å². The Morgan fingerprint density at radius 2 is 1.86 bits per heavy atom. The maximum Gasteiger partial charge on any atom is 0.410 e. The van der Waals surface area contributed by atoms with Gasteiger partial charge in [0, 0.05) is 19.1 Å². The summed E-state index contributed by atoms with van der Waals surface area (Å²) in [4.78, 5) is 13.9. The van der Waals surface area contributed by atoms with Crippen LogP contribution in [0.25, 0.3) is 0 Å². The summed E-state index contributed by atoms with van der Waals surface area (Å²) < 4.78 is 5.43. The van der Waals surface area contributed by atoms with Gasteiger partial charge in [0.1, 0.15) is 5.60 Å². The Bertz CT molecular complexity index is 343. The summed E-state index contributed by atoms with van der Waals surface area (Å²) in [6, 6.07) is 0.566. The molecule has 1 saturated carbocycles. The fourth-order valence-electron chi connectivity index (χ4n) is 3.44. The minimum absolute atomic E-state index is 0.162.